The molecule has 1 saturated heterocycles. The van der Waals surface area contributed by atoms with Crippen LogP contribution < -0.4 is 24.5 Å². The molecule has 4 aliphatic rings. The summed E-state index contributed by atoms with van der Waals surface area (Å²) in [5.74, 6) is -1.32. The van der Waals surface area contributed by atoms with Gasteiger partial charge in [0.15, 0.2) is 17.3 Å². The number of aliphatic hydroxyl groups is 2. The number of rotatable bonds is 7. The monoisotopic (exact) mass is 920 g/mol. The number of allylic oxidation sites excluding steroid dienone is 7. The fraction of sp³-hybridized carbons (Fsp3) is 0.195. The van der Waals surface area contributed by atoms with E-state index in [1.807, 2.05) is 0 Å². The number of fused-ring (bicyclic) bond motifs is 1. The zero-order valence-electron chi connectivity index (χ0n) is 33.2. The molecular weight excluding hydrogens is 884 g/mol. The molecule has 321 valence electrons. The van der Waals surface area contributed by atoms with Crippen molar-refractivity contribution in [3.8, 4) is 0 Å². The summed E-state index contributed by atoms with van der Waals surface area (Å²) in [6, 6.07) is 17.7. The van der Waals surface area contributed by atoms with Crippen molar-refractivity contribution in [1.82, 2.24) is 9.97 Å². The van der Waals surface area contributed by atoms with Crippen molar-refractivity contribution in [2.24, 2.45) is 20.4 Å². The number of benzene rings is 2. The van der Waals surface area contributed by atoms with Crippen molar-refractivity contribution < 1.29 is 51.0 Å². The van der Waals surface area contributed by atoms with Crippen molar-refractivity contribution in [3.05, 3.63) is 156 Å². The Morgan fingerprint density at radius 3 is 1.71 bits per heavy atom. The van der Waals surface area contributed by atoms with Gasteiger partial charge in [0, 0.05) is 87.4 Å². The van der Waals surface area contributed by atoms with E-state index in [0.717, 1.165) is 47.2 Å². The van der Waals surface area contributed by atoms with Gasteiger partial charge in [-0.3, -0.25) is 40.0 Å². The van der Waals surface area contributed by atoms with Crippen LogP contribution in [0.4, 0.5) is 21.4 Å². The number of hydrogen-bond acceptors (Lipinski definition) is 15. The molecule has 2 aliphatic heterocycles. The molecule has 1 fully saturated rings. The first-order valence-electron chi connectivity index (χ1n) is 18.5. The zero-order chi connectivity index (χ0) is 43.7. The molecule has 2 N–H and O–H groups in total. The SMILES string of the molecule is C[N+]1=C(/C=C/c2ccc(N3CCCC3)cc2)C(C)(C)c2ccccc21.O=C1C=CC(=NN=c2[n-]cc([N+](=O)[O-])s2)C(O)=C1.O=C1C=CC(=NN=c2[n-]cc([N+](=O)[O-])s2)C(O)=C1.[Co]. The Morgan fingerprint density at radius 2 is 1.26 bits per heavy atom. The Hall–Kier alpha value is -6.94. The molecule has 62 heavy (non-hydrogen) atoms. The van der Waals surface area contributed by atoms with Gasteiger partial charge >= 0.3 is 10.0 Å². The number of anilines is 1. The molecule has 4 heterocycles. The number of para-hydroxylation sites is 1. The van der Waals surface area contributed by atoms with Gasteiger partial charge in [0.1, 0.15) is 30.0 Å². The minimum absolute atomic E-state index is 0. The van der Waals surface area contributed by atoms with Crippen molar-refractivity contribution >= 4 is 78.8 Å². The van der Waals surface area contributed by atoms with E-state index in [9.17, 15) is 40.0 Å². The number of carbonyl (C=O) groups excluding carboxylic acids is 2. The van der Waals surface area contributed by atoms with Crippen LogP contribution in [-0.4, -0.2) is 73.5 Å². The van der Waals surface area contributed by atoms with Crippen LogP contribution in [0.15, 0.2) is 135 Å². The number of carbonyl (C=O) groups is 2. The van der Waals surface area contributed by atoms with E-state index in [1.165, 1.54) is 78.4 Å². The van der Waals surface area contributed by atoms with Gasteiger partial charge in [-0.25, -0.2) is 0 Å². The molecule has 8 rings (SSSR count). The second-order valence-corrected chi connectivity index (χ2v) is 15.9. The summed E-state index contributed by atoms with van der Waals surface area (Å²) in [6.45, 7) is 7.02. The normalized spacial score (nSPS) is 18.3. The quantitative estimate of drug-likeness (QED) is 0.0956. The van der Waals surface area contributed by atoms with Crippen molar-refractivity contribution in [2.75, 3.05) is 25.0 Å². The topological polar surface area (TPSA) is 245 Å². The number of aliphatic hydroxyl groups excluding tert-OH is 2. The Morgan fingerprint density at radius 1 is 0.758 bits per heavy atom. The Balaban J connectivity index is 0.000000178. The van der Waals surface area contributed by atoms with Crippen LogP contribution in [0, 0.1) is 20.2 Å². The van der Waals surface area contributed by atoms with E-state index >= 15 is 0 Å². The van der Waals surface area contributed by atoms with Gasteiger partial charge in [0.25, 0.3) is 0 Å². The number of ketones is 2. The number of thiazole rings is 2. The van der Waals surface area contributed by atoms with Gasteiger partial charge in [-0.2, -0.15) is 4.58 Å². The predicted octanol–water partition coefficient (Wildman–Crippen LogP) is 5.91. The van der Waals surface area contributed by atoms with Gasteiger partial charge in [0.2, 0.25) is 5.69 Å². The standard InChI is InChI=1S/C23H27N2.2C9H6N4O4S.Co/c1-23(2)20-8-4-5-9-21(20)24(3)22(23)15-12-18-10-13-19(14-11-18)25-16-6-7-17-25;2*14-5-1-2-6(7(15)3-5)11-12-9-10-4-8(18-9)13(16)17;/h4-5,8-15H,6-7,16-17H2,1-3H3;2*1-4H,(H2,10,12,14,15);/q+1;;;/p-2. The van der Waals surface area contributed by atoms with E-state index in [1.54, 1.807) is 0 Å². The minimum Gasteiger partial charge on any atom is -0.506 e. The molecule has 2 aromatic carbocycles. The van der Waals surface area contributed by atoms with Gasteiger partial charge < -0.3 is 35.3 Å². The molecule has 1 radical (unpaired) electrons. The van der Waals surface area contributed by atoms with Crippen LogP contribution in [0.2, 0.25) is 0 Å². The maximum atomic E-state index is 10.9. The number of nitro groups is 2. The third-order valence-electron chi connectivity index (χ3n) is 9.44. The first-order chi connectivity index (χ1) is 29.2. The first-order valence-corrected chi connectivity index (χ1v) is 20.1. The van der Waals surface area contributed by atoms with Gasteiger partial charge in [-0.1, -0.05) is 53.0 Å². The van der Waals surface area contributed by atoms with E-state index in [-0.39, 0.29) is 76.3 Å². The summed E-state index contributed by atoms with van der Waals surface area (Å²) in [6.07, 6.45) is 16.3. The molecule has 0 bridgehead atoms. The summed E-state index contributed by atoms with van der Waals surface area (Å²) in [7, 11) is 2.17. The third-order valence-corrected chi connectivity index (χ3v) is 11.1. The molecule has 21 heteroatoms. The summed E-state index contributed by atoms with van der Waals surface area (Å²) < 4.78 is 2.32. The maximum absolute atomic E-state index is 10.9. The Labute approximate surface area is 371 Å². The zero-order valence-corrected chi connectivity index (χ0v) is 35.9. The Bertz CT molecular complexity index is 2660. The fourth-order valence-corrected chi connectivity index (χ4v) is 7.50. The van der Waals surface area contributed by atoms with Gasteiger partial charge in [-0.05, 0) is 74.8 Å². The van der Waals surface area contributed by atoms with Crippen molar-refractivity contribution in [1.29, 1.82) is 0 Å². The average Bonchev–Trinajstić information content (AvgIpc) is 4.06. The third kappa shape index (κ3) is 11.5. The summed E-state index contributed by atoms with van der Waals surface area (Å²) >= 11 is 1.51. The molecular formula is C41H37CoN10O8S2-. The predicted molar refractivity (Wildman–Crippen MR) is 232 cm³/mol. The Kier molecular flexibility index (Phi) is 15.3. The van der Waals surface area contributed by atoms with Crippen LogP contribution in [0.5, 0.6) is 0 Å². The van der Waals surface area contributed by atoms with Crippen LogP contribution in [0.25, 0.3) is 6.08 Å². The molecule has 4 aromatic rings. The van der Waals surface area contributed by atoms with Crippen LogP contribution >= 0.6 is 22.7 Å². The second-order valence-electron chi connectivity index (χ2n) is 13.9. The molecule has 0 amide bonds. The van der Waals surface area contributed by atoms with E-state index in [0.29, 0.717) is 0 Å². The van der Waals surface area contributed by atoms with Crippen LogP contribution in [0.1, 0.15) is 37.8 Å². The van der Waals surface area contributed by atoms with Gasteiger partial charge in [-0.15, -0.1) is 0 Å². The van der Waals surface area contributed by atoms with E-state index in [2.05, 4.69) is 121 Å². The molecule has 0 spiro atoms. The molecule has 18 nitrogen and oxygen atoms in total. The molecule has 2 aromatic heterocycles. The molecule has 0 saturated carbocycles. The largest absolute Gasteiger partial charge is 0.506 e. The summed E-state index contributed by atoms with van der Waals surface area (Å²) in [4.78, 5) is 51.4. The van der Waals surface area contributed by atoms with Crippen molar-refractivity contribution in [3.63, 3.8) is 0 Å². The summed E-state index contributed by atoms with van der Waals surface area (Å²) in [5.41, 5.74) is 6.90. The second kappa shape index (κ2) is 20.5. The number of aromatic nitrogens is 2. The number of hydrogen-bond donors (Lipinski definition) is 2. The van der Waals surface area contributed by atoms with Crippen LogP contribution in [0.3, 0.4) is 0 Å². The first kappa shape index (κ1) is 46.1. The average molecular weight is 921 g/mol. The van der Waals surface area contributed by atoms with E-state index < -0.39 is 9.85 Å². The fourth-order valence-electron chi connectivity index (χ4n) is 6.39. The minimum atomic E-state index is -0.583. The van der Waals surface area contributed by atoms with Crippen LogP contribution in [-0.2, 0) is 31.8 Å². The molecule has 0 atom stereocenters. The van der Waals surface area contributed by atoms with Crippen molar-refractivity contribution in [2.45, 2.75) is 32.1 Å². The summed E-state index contributed by atoms with van der Waals surface area (Å²) in [5, 5.41) is 53.9. The van der Waals surface area contributed by atoms with Gasteiger partial charge in [0.05, 0.1) is 15.3 Å². The molecule has 0 unspecified atom stereocenters. The molecule has 2 aliphatic carbocycles. The smallest absolute Gasteiger partial charge is 0.319 e. The van der Waals surface area contributed by atoms with E-state index in [4.69, 9.17) is 0 Å². The number of nitrogens with zero attached hydrogens (tertiary/aromatic N) is 10. The maximum Gasteiger partial charge on any atom is 0.319 e.